The fourth-order valence-corrected chi connectivity index (χ4v) is 12.6. The molecule has 1 heterocycles. The lowest BCUT2D eigenvalue weighted by molar-refractivity contribution is -0.344. The van der Waals surface area contributed by atoms with Gasteiger partial charge in [0.1, 0.15) is 17.8 Å². The molecular weight excluding hydrogens is 673 g/mol. The third-order valence-electron chi connectivity index (χ3n) is 13.4. The molecule has 12 heteroatoms. The molecular formula is C39H54O11Si. The van der Waals surface area contributed by atoms with Gasteiger partial charge >= 0.3 is 17.9 Å². The second kappa shape index (κ2) is 13.2. The van der Waals surface area contributed by atoms with Crippen LogP contribution in [0.2, 0.25) is 18.1 Å². The van der Waals surface area contributed by atoms with Crippen LogP contribution in [0.25, 0.3) is 0 Å². The largest absolute Gasteiger partial charge is 0.455 e. The molecule has 1 aliphatic heterocycles. The number of carbonyl (C=O) groups excluding carboxylic acids is 4. The summed E-state index contributed by atoms with van der Waals surface area (Å²) in [5, 5.41) is 25.1. The number of aliphatic hydroxyl groups is 2. The number of allylic oxidation sites excluding steroid dienone is 1. The zero-order valence-electron chi connectivity index (χ0n) is 31.2. The molecule has 1 saturated heterocycles. The summed E-state index contributed by atoms with van der Waals surface area (Å²) in [4.78, 5) is 56.6. The van der Waals surface area contributed by atoms with E-state index in [1.807, 2.05) is 0 Å². The molecule has 9 atom stereocenters. The molecule has 0 aromatic heterocycles. The molecule has 51 heavy (non-hydrogen) atoms. The Hall–Kier alpha value is -2.90. The van der Waals surface area contributed by atoms with Crippen molar-refractivity contribution in [3.63, 3.8) is 0 Å². The van der Waals surface area contributed by atoms with Crippen molar-refractivity contribution in [3.8, 4) is 0 Å². The van der Waals surface area contributed by atoms with Crippen LogP contribution in [-0.2, 0) is 37.8 Å². The molecule has 0 spiro atoms. The van der Waals surface area contributed by atoms with Gasteiger partial charge in [-0.05, 0) is 55.6 Å². The summed E-state index contributed by atoms with van der Waals surface area (Å²) in [5.74, 6) is -5.03. The van der Waals surface area contributed by atoms with Crippen molar-refractivity contribution >= 4 is 32.0 Å². The summed E-state index contributed by atoms with van der Waals surface area (Å²) < 4.78 is 32.3. The summed E-state index contributed by atoms with van der Waals surface area (Å²) in [6, 6.07) is 10.6. The van der Waals surface area contributed by atoms with Crippen LogP contribution in [0, 0.1) is 28.6 Å². The van der Waals surface area contributed by atoms with Gasteiger partial charge in [-0.25, -0.2) is 4.79 Å². The van der Waals surface area contributed by atoms with E-state index in [0.717, 1.165) is 18.1 Å². The normalized spacial score (nSPS) is 38.6. The molecule has 11 nitrogen and oxygen atoms in total. The average Bonchev–Trinajstić information content (AvgIpc) is 3.94. The fraction of sp³-hybridized carbons (Fsp3) is 0.692. The molecule has 2 N–H and O–H groups in total. The Morgan fingerprint density at radius 3 is 2.18 bits per heavy atom. The average molecular weight is 727 g/mol. The van der Waals surface area contributed by atoms with E-state index in [4.69, 9.17) is 23.4 Å². The number of benzene rings is 1. The molecule has 0 radical (unpaired) electrons. The first-order chi connectivity index (χ1) is 24.0. The van der Waals surface area contributed by atoms with Crippen LogP contribution in [0.15, 0.2) is 41.7 Å². The van der Waals surface area contributed by atoms with Crippen molar-refractivity contribution in [1.82, 2.24) is 0 Å². The number of ketones is 1. The Morgan fingerprint density at radius 1 is 1.02 bits per heavy atom. The first-order valence-electron chi connectivity index (χ1n) is 18.6. The molecule has 4 aliphatic carbocycles. The van der Waals surface area contributed by atoms with E-state index in [9.17, 15) is 24.6 Å². The van der Waals surface area contributed by atoms with Crippen LogP contribution in [0.4, 0.5) is 0 Å². The van der Waals surface area contributed by atoms with Crippen LogP contribution in [0.3, 0.4) is 0 Å². The Balaban J connectivity index is 1.69. The number of Topliss-reactive ketones (excluding diaryl/α,β-unsaturated/α-hetero) is 1. The van der Waals surface area contributed by atoms with Crippen molar-refractivity contribution in [1.29, 1.82) is 0 Å². The molecule has 1 aromatic carbocycles. The number of carbonyl (C=O) groups is 4. The molecule has 6 rings (SSSR count). The number of hydrogen-bond acceptors (Lipinski definition) is 11. The lowest BCUT2D eigenvalue weighted by atomic mass is 9.45. The topological polar surface area (TPSA) is 155 Å². The van der Waals surface area contributed by atoms with Gasteiger partial charge in [-0.15, -0.1) is 0 Å². The van der Waals surface area contributed by atoms with Gasteiger partial charge in [0, 0.05) is 31.1 Å². The lowest BCUT2D eigenvalue weighted by Crippen LogP contribution is -2.81. The van der Waals surface area contributed by atoms with Gasteiger partial charge in [-0.2, -0.15) is 0 Å². The van der Waals surface area contributed by atoms with Crippen molar-refractivity contribution in [2.75, 3.05) is 6.61 Å². The van der Waals surface area contributed by atoms with Crippen LogP contribution in [0.1, 0.15) is 91.4 Å². The second-order valence-electron chi connectivity index (χ2n) is 16.3. The first-order valence-corrected chi connectivity index (χ1v) is 21.2. The molecule has 2 unspecified atom stereocenters. The van der Waals surface area contributed by atoms with Crippen molar-refractivity contribution < 1.29 is 52.8 Å². The van der Waals surface area contributed by atoms with Gasteiger partial charge in [-0.1, -0.05) is 59.7 Å². The minimum absolute atomic E-state index is 0.127. The van der Waals surface area contributed by atoms with Crippen molar-refractivity contribution in [2.45, 2.75) is 135 Å². The Labute approximate surface area is 301 Å². The van der Waals surface area contributed by atoms with Crippen LogP contribution < -0.4 is 0 Å². The highest BCUT2D eigenvalue weighted by Gasteiger charge is 2.78. The monoisotopic (exact) mass is 726 g/mol. The smallest absolute Gasteiger partial charge is 0.338 e. The zero-order valence-corrected chi connectivity index (χ0v) is 32.2. The van der Waals surface area contributed by atoms with Gasteiger partial charge in [0.05, 0.1) is 41.6 Å². The number of rotatable bonds is 10. The van der Waals surface area contributed by atoms with Gasteiger partial charge in [0.2, 0.25) is 5.78 Å². The van der Waals surface area contributed by atoms with Crippen LogP contribution >= 0.6 is 0 Å². The summed E-state index contributed by atoms with van der Waals surface area (Å²) >= 11 is 0. The maximum atomic E-state index is 15.9. The van der Waals surface area contributed by atoms with E-state index in [0.29, 0.717) is 12.8 Å². The highest BCUT2D eigenvalue weighted by atomic mass is 28.4. The number of hydrogen-bond donors (Lipinski definition) is 2. The quantitative estimate of drug-likeness (QED) is 0.184. The van der Waals surface area contributed by atoms with E-state index in [-0.39, 0.29) is 42.3 Å². The van der Waals surface area contributed by atoms with E-state index in [2.05, 4.69) is 20.8 Å². The Bertz CT molecular complexity index is 1590. The number of aliphatic hydroxyl groups excluding tert-OH is 1. The Kier molecular flexibility index (Phi) is 9.79. The molecule has 2 bridgehead atoms. The highest BCUT2D eigenvalue weighted by Crippen LogP contribution is 2.65. The van der Waals surface area contributed by atoms with Crippen LogP contribution in [-0.4, -0.2) is 84.4 Å². The zero-order chi connectivity index (χ0) is 37.3. The maximum absolute atomic E-state index is 15.9. The number of ether oxygens (including phenoxy) is 4. The lowest BCUT2D eigenvalue weighted by Gasteiger charge is -2.68. The molecule has 1 aromatic rings. The summed E-state index contributed by atoms with van der Waals surface area (Å²) in [6.45, 7) is 14.3. The number of fused-ring (bicyclic) bond motifs is 5. The summed E-state index contributed by atoms with van der Waals surface area (Å²) in [6.07, 6.45) is -3.14. The van der Waals surface area contributed by atoms with E-state index >= 15 is 4.79 Å². The van der Waals surface area contributed by atoms with Gasteiger partial charge in [0.25, 0.3) is 0 Å². The van der Waals surface area contributed by atoms with Gasteiger partial charge < -0.3 is 33.6 Å². The first kappa shape index (κ1) is 37.8. The van der Waals surface area contributed by atoms with Crippen molar-refractivity contribution in [3.05, 3.63) is 47.2 Å². The van der Waals surface area contributed by atoms with Gasteiger partial charge in [-0.3, -0.25) is 14.4 Å². The minimum atomic E-state index is -2.49. The summed E-state index contributed by atoms with van der Waals surface area (Å²) in [5.41, 5.74) is -6.17. The fourth-order valence-electron chi connectivity index (χ4n) is 9.70. The predicted molar refractivity (Wildman–Crippen MR) is 188 cm³/mol. The molecule has 3 saturated carbocycles. The SMILES string of the molecule is CC[Si](CC)(CC)O[C@H]1C[C@H]2OC[C@@]2(OC(C)=O)C2[C@H](OC(=O)c3ccccc3)[C@]3(O)C[C@H](O)C(C)/C(=C(\OC(=O)C4CC4)C(=O)[C@@]21C)C3(C)C. The summed E-state index contributed by atoms with van der Waals surface area (Å²) in [7, 11) is -2.49. The molecule has 280 valence electrons. The third-order valence-corrected chi connectivity index (χ3v) is 18.0. The van der Waals surface area contributed by atoms with Crippen LogP contribution in [0.5, 0.6) is 0 Å². The third kappa shape index (κ3) is 5.75. The predicted octanol–water partition coefficient (Wildman–Crippen LogP) is 5.28. The van der Waals surface area contributed by atoms with Gasteiger partial charge in [0.15, 0.2) is 19.7 Å². The Morgan fingerprint density at radius 2 is 1.65 bits per heavy atom. The highest BCUT2D eigenvalue weighted by molar-refractivity contribution is 6.73. The molecule has 4 fully saturated rings. The van der Waals surface area contributed by atoms with E-state index < -0.39 is 90.3 Å². The maximum Gasteiger partial charge on any atom is 0.338 e. The van der Waals surface area contributed by atoms with Crippen molar-refractivity contribution in [2.24, 2.45) is 28.6 Å². The molecule has 0 amide bonds. The second-order valence-corrected chi connectivity index (χ2v) is 21.0. The molecule has 5 aliphatic rings. The number of esters is 3. The standard InChI is InChI=1S/C39H54O11Si/c1-9-51(10-2,11-3)50-27-19-28-38(21-46-28,49-23(5)40)31-33(48-35(44)24-15-13-12-14-16-24)39(45)20-26(41)22(4)29(36(39,6)7)30(32(42)37(27,31)8)47-34(43)25-17-18-25/h12-16,22,25-28,31,33,41,45H,9-11,17-21H2,1-8H3/b30-29+/t22?,26-,27-,28+,31?,33-,37+,38-,39+/m0/s1. The van der Waals surface area contributed by atoms with E-state index in [1.165, 1.54) is 6.92 Å². The minimum Gasteiger partial charge on any atom is -0.455 e. The van der Waals surface area contributed by atoms with E-state index in [1.54, 1.807) is 58.0 Å².